The van der Waals surface area contributed by atoms with Crippen LogP contribution in [0.3, 0.4) is 0 Å². The molecule has 0 aliphatic carbocycles. The van der Waals surface area contributed by atoms with Crippen molar-refractivity contribution in [3.63, 3.8) is 0 Å². The number of carboxylic acids is 1. The van der Waals surface area contributed by atoms with Crippen molar-refractivity contribution in [3.05, 3.63) is 22.4 Å². The Hall–Kier alpha value is -1.91. The molecule has 1 amide bonds. The first-order valence-corrected chi connectivity index (χ1v) is 7.51. The lowest BCUT2D eigenvalue weighted by atomic mass is 9.72. The highest BCUT2D eigenvalue weighted by molar-refractivity contribution is 7.13. The van der Waals surface area contributed by atoms with Gasteiger partial charge in [-0.25, -0.2) is 0 Å². The molecule has 1 aromatic heterocycles. The van der Waals surface area contributed by atoms with Gasteiger partial charge in [-0.1, -0.05) is 11.2 Å². The second kappa shape index (κ2) is 7.39. The summed E-state index contributed by atoms with van der Waals surface area (Å²) in [6, 6.07) is 3.35. The third kappa shape index (κ3) is 4.06. The number of amides is 1. The Morgan fingerprint density at radius 2 is 2.27 bits per heavy atom. The molecule has 1 fully saturated rings. The van der Waals surface area contributed by atoms with Gasteiger partial charge < -0.3 is 25.3 Å². The summed E-state index contributed by atoms with van der Waals surface area (Å²) < 4.78 is 5.17. The smallest absolute Gasteiger partial charge is 0.478 e. The average molecular weight is 326 g/mol. The van der Waals surface area contributed by atoms with E-state index in [4.69, 9.17) is 15.0 Å². The van der Waals surface area contributed by atoms with E-state index >= 15 is 0 Å². The molecular formula is C12H15BN2O6S. The molecule has 0 aromatic carbocycles. The first-order valence-electron chi connectivity index (χ1n) is 6.63. The molecule has 10 heteroatoms. The van der Waals surface area contributed by atoms with E-state index in [-0.39, 0.29) is 12.1 Å². The van der Waals surface area contributed by atoms with E-state index in [1.165, 1.54) is 11.3 Å². The highest BCUT2D eigenvalue weighted by Gasteiger charge is 2.37. The lowest BCUT2D eigenvalue weighted by Gasteiger charge is -2.30. The topological polar surface area (TPSA) is 128 Å². The van der Waals surface area contributed by atoms with E-state index in [1.54, 1.807) is 17.5 Å². The highest BCUT2D eigenvalue weighted by Crippen LogP contribution is 2.19. The van der Waals surface area contributed by atoms with Crippen LogP contribution in [0.1, 0.15) is 24.1 Å². The Morgan fingerprint density at radius 1 is 1.50 bits per heavy atom. The Morgan fingerprint density at radius 3 is 2.82 bits per heavy atom. The normalized spacial score (nSPS) is 22.4. The van der Waals surface area contributed by atoms with Crippen LogP contribution in [-0.4, -0.2) is 52.1 Å². The zero-order chi connectivity index (χ0) is 16.1. The summed E-state index contributed by atoms with van der Waals surface area (Å²) in [5.74, 6) is -2.32. The lowest BCUT2D eigenvalue weighted by molar-refractivity contribution is -0.139. The van der Waals surface area contributed by atoms with Gasteiger partial charge in [-0.3, -0.25) is 9.59 Å². The van der Waals surface area contributed by atoms with E-state index < -0.39 is 31.0 Å². The summed E-state index contributed by atoms with van der Waals surface area (Å²) in [5, 5.41) is 34.8. The molecule has 0 unspecified atom stereocenters. The molecule has 1 aliphatic rings. The molecular weight excluding hydrogens is 311 g/mol. The molecule has 0 bridgehead atoms. The SMILES string of the molecule is O=C(O)C[C@@H]1CC[C@H](NC(=O)/C(=N\O)c2cccs2)B(O)O1. The van der Waals surface area contributed by atoms with Gasteiger partial charge in [0.1, 0.15) is 0 Å². The van der Waals surface area contributed by atoms with Gasteiger partial charge in [0.25, 0.3) is 5.91 Å². The molecule has 8 nitrogen and oxygen atoms in total. The second-order valence-corrected chi connectivity index (χ2v) is 5.78. The molecule has 2 rings (SSSR count). The number of hydrogen-bond donors (Lipinski definition) is 4. The van der Waals surface area contributed by atoms with E-state index in [9.17, 15) is 14.6 Å². The number of thiophene rings is 1. The van der Waals surface area contributed by atoms with Crippen LogP contribution in [0.25, 0.3) is 0 Å². The van der Waals surface area contributed by atoms with Gasteiger partial charge in [0.05, 0.1) is 23.3 Å². The minimum absolute atomic E-state index is 0.144. The minimum atomic E-state index is -1.30. The Kier molecular flexibility index (Phi) is 5.53. The zero-order valence-corrected chi connectivity index (χ0v) is 12.3. The number of nitrogens with one attached hydrogen (secondary N) is 1. The minimum Gasteiger partial charge on any atom is -0.481 e. The predicted octanol–water partition coefficient (Wildman–Crippen LogP) is 0.0846. The number of rotatable bonds is 5. The summed E-state index contributed by atoms with van der Waals surface area (Å²) in [6.45, 7) is 0. The van der Waals surface area contributed by atoms with Gasteiger partial charge in [-0.2, -0.15) is 0 Å². The fourth-order valence-corrected chi connectivity index (χ4v) is 2.92. The van der Waals surface area contributed by atoms with E-state index in [1.807, 2.05) is 0 Å². The molecule has 0 spiro atoms. The van der Waals surface area contributed by atoms with Crippen LogP contribution in [0, 0.1) is 0 Å². The highest BCUT2D eigenvalue weighted by atomic mass is 32.1. The first-order chi connectivity index (χ1) is 10.5. The van der Waals surface area contributed by atoms with Crippen LogP contribution < -0.4 is 5.32 Å². The summed E-state index contributed by atoms with van der Waals surface area (Å²) in [7, 11) is -1.30. The number of carboxylic acid groups (broad SMARTS) is 1. The maximum Gasteiger partial charge on any atom is 0.478 e. The van der Waals surface area contributed by atoms with Gasteiger partial charge in [-0.15, -0.1) is 11.3 Å². The summed E-state index contributed by atoms with van der Waals surface area (Å²) in [4.78, 5) is 23.2. The van der Waals surface area contributed by atoms with E-state index in [0.717, 1.165) is 0 Å². The van der Waals surface area contributed by atoms with Crippen molar-refractivity contribution < 1.29 is 29.6 Å². The molecule has 0 radical (unpaired) electrons. The quantitative estimate of drug-likeness (QED) is 0.263. The molecule has 2 heterocycles. The van der Waals surface area contributed by atoms with Gasteiger partial charge in [0.2, 0.25) is 0 Å². The molecule has 1 aliphatic heterocycles. The molecule has 4 N–H and O–H groups in total. The summed E-state index contributed by atoms with van der Waals surface area (Å²) in [6.07, 6.45) is -0.00710. The van der Waals surface area contributed by atoms with Crippen LogP contribution >= 0.6 is 11.3 Å². The Balaban J connectivity index is 1.94. The zero-order valence-electron chi connectivity index (χ0n) is 11.5. The maximum absolute atomic E-state index is 12.1. The van der Waals surface area contributed by atoms with Crippen molar-refractivity contribution in [2.24, 2.45) is 5.16 Å². The lowest BCUT2D eigenvalue weighted by Crippen LogP contribution is -2.54. The van der Waals surface area contributed by atoms with Crippen molar-refractivity contribution in [2.75, 3.05) is 0 Å². The van der Waals surface area contributed by atoms with Crippen LogP contribution in [0.2, 0.25) is 0 Å². The van der Waals surface area contributed by atoms with Crippen LogP contribution in [-0.2, 0) is 14.2 Å². The molecule has 0 saturated carbocycles. The third-order valence-electron chi connectivity index (χ3n) is 3.26. The van der Waals surface area contributed by atoms with Crippen LogP contribution in [0.15, 0.2) is 22.7 Å². The monoisotopic (exact) mass is 326 g/mol. The van der Waals surface area contributed by atoms with Crippen molar-refractivity contribution in [1.82, 2.24) is 5.32 Å². The number of carbonyl (C=O) groups is 2. The molecule has 2 atom stereocenters. The maximum atomic E-state index is 12.1. The van der Waals surface area contributed by atoms with Gasteiger partial charge >= 0.3 is 13.1 Å². The number of hydrogen-bond acceptors (Lipinski definition) is 7. The van der Waals surface area contributed by atoms with Crippen molar-refractivity contribution >= 4 is 36.0 Å². The Labute approximate surface area is 130 Å². The third-order valence-corrected chi connectivity index (χ3v) is 4.14. The van der Waals surface area contributed by atoms with Crippen molar-refractivity contribution in [1.29, 1.82) is 0 Å². The fourth-order valence-electron chi connectivity index (χ4n) is 2.21. The van der Waals surface area contributed by atoms with Crippen LogP contribution in [0.5, 0.6) is 0 Å². The number of carbonyl (C=O) groups excluding carboxylic acids is 1. The average Bonchev–Trinajstić information content (AvgIpc) is 2.96. The van der Waals surface area contributed by atoms with Crippen LogP contribution in [0.4, 0.5) is 0 Å². The molecule has 22 heavy (non-hydrogen) atoms. The predicted molar refractivity (Wildman–Crippen MR) is 78.9 cm³/mol. The second-order valence-electron chi connectivity index (χ2n) is 4.83. The van der Waals surface area contributed by atoms with Crippen molar-refractivity contribution in [2.45, 2.75) is 31.3 Å². The first kappa shape index (κ1) is 16.5. The fraction of sp³-hybridized carbons (Fsp3) is 0.417. The number of aliphatic carboxylic acids is 1. The van der Waals surface area contributed by atoms with Gasteiger partial charge in [0, 0.05) is 0 Å². The largest absolute Gasteiger partial charge is 0.481 e. The Bertz CT molecular complexity index is 564. The van der Waals surface area contributed by atoms with E-state index in [2.05, 4.69) is 10.5 Å². The molecule has 1 aromatic rings. The summed E-state index contributed by atoms with van der Waals surface area (Å²) >= 11 is 1.24. The molecule has 118 valence electrons. The van der Waals surface area contributed by atoms with E-state index in [0.29, 0.717) is 17.7 Å². The van der Waals surface area contributed by atoms with Crippen molar-refractivity contribution in [3.8, 4) is 0 Å². The number of nitrogens with zero attached hydrogens (tertiary/aromatic N) is 1. The van der Waals surface area contributed by atoms with Gasteiger partial charge in [0.15, 0.2) is 5.71 Å². The summed E-state index contributed by atoms with van der Waals surface area (Å²) in [5.41, 5.74) is -0.144. The molecule has 1 saturated heterocycles. The van der Waals surface area contributed by atoms with Gasteiger partial charge in [-0.05, 0) is 24.3 Å². The standard InChI is InChI=1S/C12H15BN2O6S/c16-10(17)6-7-3-4-9(13(19)21-7)14-12(18)11(15-20)8-2-1-5-22-8/h1-2,5,7,9,19-20H,3-4,6H2,(H,14,18)(H,16,17)/b15-11-/t7-,9-/m0/s1. The number of oxime groups is 1.